The van der Waals surface area contributed by atoms with Crippen LogP contribution < -0.4 is 5.32 Å². The molecule has 126 valence electrons. The summed E-state index contributed by atoms with van der Waals surface area (Å²) in [5.74, 6) is 0.513. The summed E-state index contributed by atoms with van der Waals surface area (Å²) >= 11 is 0. The average Bonchev–Trinajstić information content (AvgIpc) is 2.63. The molecule has 4 nitrogen and oxygen atoms in total. The molecule has 1 N–H and O–H groups in total. The number of para-hydroxylation sites is 1. The minimum absolute atomic E-state index is 0.0681. The largest absolute Gasteiger partial charge is 0.370 e. The highest BCUT2D eigenvalue weighted by Gasteiger charge is 2.25. The number of carbonyl (C=O) groups excluding carboxylic acids is 1. The van der Waals surface area contributed by atoms with Crippen molar-refractivity contribution < 1.29 is 9.53 Å². The highest BCUT2D eigenvalue weighted by molar-refractivity contribution is 5.89. The molecule has 0 aromatic heterocycles. The third-order valence-corrected chi connectivity index (χ3v) is 4.35. The normalized spacial score (nSPS) is 17.8. The molecule has 1 aliphatic rings. The lowest BCUT2D eigenvalue weighted by atomic mass is 9.99. The molecule has 0 bridgehead atoms. The van der Waals surface area contributed by atoms with E-state index in [1.165, 1.54) is 5.56 Å². The monoisotopic (exact) mass is 324 g/mol. The molecule has 0 aliphatic carbocycles. The van der Waals surface area contributed by atoms with Crippen LogP contribution in [0.2, 0.25) is 0 Å². The molecule has 1 aliphatic heterocycles. The van der Waals surface area contributed by atoms with Gasteiger partial charge in [-0.1, -0.05) is 56.3 Å². The zero-order valence-corrected chi connectivity index (χ0v) is 14.2. The number of hydrogen-bond donors (Lipinski definition) is 1. The number of benzene rings is 2. The van der Waals surface area contributed by atoms with Gasteiger partial charge in [-0.2, -0.15) is 0 Å². The molecule has 1 heterocycles. The number of nitrogens with zero attached hydrogens (tertiary/aromatic N) is 1. The zero-order valence-electron chi connectivity index (χ0n) is 14.2. The lowest BCUT2D eigenvalue weighted by molar-refractivity contribution is -0.0135. The van der Waals surface area contributed by atoms with Gasteiger partial charge in [0.2, 0.25) is 0 Å². The van der Waals surface area contributed by atoms with Crippen molar-refractivity contribution in [3.05, 3.63) is 65.7 Å². The van der Waals surface area contributed by atoms with Crippen LogP contribution in [0.4, 0.5) is 10.5 Å². The quantitative estimate of drug-likeness (QED) is 0.908. The molecule has 1 unspecified atom stereocenters. The number of nitrogens with one attached hydrogen (secondary N) is 1. The molecule has 1 fully saturated rings. The van der Waals surface area contributed by atoms with Crippen LogP contribution in [0.1, 0.15) is 37.0 Å². The molecular formula is C20H24N2O2. The first-order valence-corrected chi connectivity index (χ1v) is 8.46. The third-order valence-electron chi connectivity index (χ3n) is 4.35. The van der Waals surface area contributed by atoms with E-state index in [2.05, 4.69) is 43.4 Å². The Hall–Kier alpha value is -2.33. The van der Waals surface area contributed by atoms with E-state index in [1.54, 1.807) is 0 Å². The van der Waals surface area contributed by atoms with Crippen molar-refractivity contribution in [2.75, 3.05) is 25.0 Å². The van der Waals surface area contributed by atoms with Gasteiger partial charge < -0.3 is 15.0 Å². The van der Waals surface area contributed by atoms with Crippen LogP contribution in [0.3, 0.4) is 0 Å². The van der Waals surface area contributed by atoms with Gasteiger partial charge in [0.1, 0.15) is 6.10 Å². The predicted octanol–water partition coefficient (Wildman–Crippen LogP) is 4.42. The van der Waals surface area contributed by atoms with E-state index in [1.807, 2.05) is 35.2 Å². The number of hydrogen-bond acceptors (Lipinski definition) is 2. The molecule has 0 saturated carbocycles. The maximum Gasteiger partial charge on any atom is 0.322 e. The second kappa shape index (κ2) is 7.49. The fourth-order valence-corrected chi connectivity index (χ4v) is 2.85. The van der Waals surface area contributed by atoms with Crippen molar-refractivity contribution in [1.29, 1.82) is 0 Å². The maximum absolute atomic E-state index is 12.4. The van der Waals surface area contributed by atoms with Gasteiger partial charge >= 0.3 is 6.03 Å². The number of morpholine rings is 1. The van der Waals surface area contributed by atoms with Gasteiger partial charge in [0.25, 0.3) is 0 Å². The van der Waals surface area contributed by atoms with Crippen LogP contribution in [0.15, 0.2) is 54.6 Å². The predicted molar refractivity (Wildman–Crippen MR) is 96.3 cm³/mol. The molecule has 2 aromatic rings. The van der Waals surface area contributed by atoms with Crippen LogP contribution >= 0.6 is 0 Å². The first-order valence-electron chi connectivity index (χ1n) is 8.46. The van der Waals surface area contributed by atoms with E-state index in [-0.39, 0.29) is 12.1 Å². The molecule has 3 rings (SSSR count). The standard InChI is InChI=1S/C20H24N2O2/c1-15(2)16-8-10-17(11-9-16)19-14-22(12-13-24-19)20(23)21-18-6-4-3-5-7-18/h3-11,15,19H,12-14H2,1-2H3,(H,21,23). The number of amides is 2. The van der Waals surface area contributed by atoms with Crippen molar-refractivity contribution in [1.82, 2.24) is 4.90 Å². The Morgan fingerprint density at radius 1 is 1.12 bits per heavy atom. The molecule has 24 heavy (non-hydrogen) atoms. The van der Waals surface area contributed by atoms with Gasteiger partial charge in [0.05, 0.1) is 13.2 Å². The number of rotatable bonds is 3. The Morgan fingerprint density at radius 2 is 1.83 bits per heavy atom. The number of urea groups is 1. The lowest BCUT2D eigenvalue weighted by Crippen LogP contribution is -2.44. The minimum Gasteiger partial charge on any atom is -0.370 e. The summed E-state index contributed by atoms with van der Waals surface area (Å²) in [5, 5.41) is 2.94. The van der Waals surface area contributed by atoms with E-state index < -0.39 is 0 Å². The second-order valence-electron chi connectivity index (χ2n) is 6.42. The molecular weight excluding hydrogens is 300 g/mol. The van der Waals surface area contributed by atoms with Gasteiger partial charge in [-0.25, -0.2) is 4.79 Å². The van der Waals surface area contributed by atoms with Crippen molar-refractivity contribution in [2.24, 2.45) is 0 Å². The third kappa shape index (κ3) is 3.95. The van der Waals surface area contributed by atoms with E-state index >= 15 is 0 Å². The molecule has 4 heteroatoms. The summed E-state index contributed by atoms with van der Waals surface area (Å²) in [4.78, 5) is 14.3. The Morgan fingerprint density at radius 3 is 2.50 bits per heavy atom. The summed E-state index contributed by atoms with van der Waals surface area (Å²) in [5.41, 5.74) is 3.25. The van der Waals surface area contributed by atoms with Crippen LogP contribution in [0.25, 0.3) is 0 Å². The van der Waals surface area contributed by atoms with Crippen molar-refractivity contribution >= 4 is 11.7 Å². The van der Waals surface area contributed by atoms with Crippen LogP contribution in [-0.4, -0.2) is 30.6 Å². The first-order chi connectivity index (χ1) is 11.6. The fourth-order valence-electron chi connectivity index (χ4n) is 2.85. The average molecular weight is 324 g/mol. The Labute approximate surface area is 143 Å². The SMILES string of the molecule is CC(C)c1ccc(C2CN(C(=O)Nc3ccccc3)CCO2)cc1. The van der Waals surface area contributed by atoms with E-state index in [4.69, 9.17) is 4.74 Å². The number of carbonyl (C=O) groups is 1. The van der Waals surface area contributed by atoms with Gasteiger partial charge in [0.15, 0.2) is 0 Å². The zero-order chi connectivity index (χ0) is 16.9. The number of ether oxygens (including phenoxy) is 1. The van der Waals surface area contributed by atoms with E-state index in [0.717, 1.165) is 11.3 Å². The summed E-state index contributed by atoms with van der Waals surface area (Å²) in [6.07, 6.45) is -0.0681. The van der Waals surface area contributed by atoms with Gasteiger partial charge in [0, 0.05) is 12.2 Å². The molecule has 0 spiro atoms. The smallest absolute Gasteiger partial charge is 0.322 e. The van der Waals surface area contributed by atoms with Crippen molar-refractivity contribution in [2.45, 2.75) is 25.9 Å². The molecule has 2 aromatic carbocycles. The van der Waals surface area contributed by atoms with Gasteiger partial charge in [-0.15, -0.1) is 0 Å². The van der Waals surface area contributed by atoms with Crippen LogP contribution in [0.5, 0.6) is 0 Å². The number of anilines is 1. The highest BCUT2D eigenvalue weighted by atomic mass is 16.5. The summed E-state index contributed by atoms with van der Waals surface area (Å²) in [7, 11) is 0. The molecule has 0 radical (unpaired) electrons. The van der Waals surface area contributed by atoms with Crippen molar-refractivity contribution in [3.63, 3.8) is 0 Å². The summed E-state index contributed by atoms with van der Waals surface area (Å²) in [6, 6.07) is 18.0. The van der Waals surface area contributed by atoms with Gasteiger partial charge in [-0.05, 0) is 29.2 Å². The Kier molecular flexibility index (Phi) is 5.16. The summed E-state index contributed by atoms with van der Waals surface area (Å²) in [6.45, 7) is 6.10. The molecule has 1 saturated heterocycles. The molecule has 2 amide bonds. The highest BCUT2D eigenvalue weighted by Crippen LogP contribution is 2.24. The van der Waals surface area contributed by atoms with E-state index in [9.17, 15) is 4.79 Å². The Balaban J connectivity index is 1.64. The van der Waals surface area contributed by atoms with Gasteiger partial charge in [-0.3, -0.25) is 0 Å². The second-order valence-corrected chi connectivity index (χ2v) is 6.42. The maximum atomic E-state index is 12.4. The van der Waals surface area contributed by atoms with E-state index in [0.29, 0.717) is 25.6 Å². The minimum atomic E-state index is -0.0756. The van der Waals surface area contributed by atoms with Crippen LogP contribution in [0, 0.1) is 0 Å². The van der Waals surface area contributed by atoms with Crippen LogP contribution in [-0.2, 0) is 4.74 Å². The Bertz CT molecular complexity index is 668. The lowest BCUT2D eigenvalue weighted by Gasteiger charge is -2.33. The topological polar surface area (TPSA) is 41.6 Å². The first kappa shape index (κ1) is 16.5. The summed E-state index contributed by atoms with van der Waals surface area (Å²) < 4.78 is 5.87. The molecule has 1 atom stereocenters. The van der Waals surface area contributed by atoms with Crippen molar-refractivity contribution in [3.8, 4) is 0 Å². The fraction of sp³-hybridized carbons (Fsp3) is 0.350.